The molecule has 1 rings (SSSR count). The van der Waals surface area contributed by atoms with Crippen molar-refractivity contribution in [1.82, 2.24) is 5.32 Å². The lowest BCUT2D eigenvalue weighted by molar-refractivity contribution is -0.113. The Morgan fingerprint density at radius 3 is 2.65 bits per heavy atom. The van der Waals surface area contributed by atoms with Crippen molar-refractivity contribution in [2.75, 3.05) is 17.7 Å². The summed E-state index contributed by atoms with van der Waals surface area (Å²) in [7, 11) is 0. The third kappa shape index (κ3) is 3.75. The molecule has 1 aromatic rings. The van der Waals surface area contributed by atoms with Crippen LogP contribution in [0.25, 0.3) is 0 Å². The van der Waals surface area contributed by atoms with Crippen LogP contribution in [0.2, 0.25) is 0 Å². The molecule has 0 radical (unpaired) electrons. The van der Waals surface area contributed by atoms with Gasteiger partial charge in [0.15, 0.2) is 0 Å². The van der Waals surface area contributed by atoms with E-state index in [1.54, 1.807) is 18.2 Å². The molecule has 0 atom stereocenters. The number of rotatable bonds is 4. The summed E-state index contributed by atoms with van der Waals surface area (Å²) in [5.74, 6) is -0.554. The fraction of sp³-hybridized carbons (Fsp3) is 0.333. The zero-order chi connectivity index (χ0) is 12.8. The van der Waals surface area contributed by atoms with Crippen molar-refractivity contribution in [2.45, 2.75) is 13.8 Å². The smallest absolute Gasteiger partial charge is 0.251 e. The molecule has 0 aliphatic heterocycles. The molecule has 0 fully saturated rings. The number of hydrogen-bond donors (Lipinski definition) is 2. The van der Waals surface area contributed by atoms with E-state index in [1.807, 2.05) is 13.8 Å². The van der Waals surface area contributed by atoms with Crippen LogP contribution in [0.1, 0.15) is 22.8 Å². The summed E-state index contributed by atoms with van der Waals surface area (Å²) >= 11 is 5.41. The molecule has 0 aliphatic carbocycles. The maximum atomic E-state index is 11.6. The van der Waals surface area contributed by atoms with Crippen LogP contribution in [-0.2, 0) is 4.79 Å². The summed E-state index contributed by atoms with van der Waals surface area (Å²) in [6.45, 7) is 4.27. The van der Waals surface area contributed by atoms with Crippen molar-refractivity contribution in [3.63, 3.8) is 0 Å². The second kappa shape index (κ2) is 6.25. The third-order valence-electron chi connectivity index (χ3n) is 2.23. The Morgan fingerprint density at radius 2 is 2.06 bits per heavy atom. The zero-order valence-electron chi connectivity index (χ0n) is 9.84. The summed E-state index contributed by atoms with van der Waals surface area (Å²) in [6, 6.07) is 5.15. The first kappa shape index (κ1) is 13.5. The van der Waals surface area contributed by atoms with Gasteiger partial charge in [0.05, 0.1) is 0 Å². The van der Waals surface area contributed by atoms with E-state index in [-0.39, 0.29) is 17.7 Å². The number of carbonyl (C=O) groups is 2. The van der Waals surface area contributed by atoms with Gasteiger partial charge in [-0.05, 0) is 31.5 Å². The summed E-state index contributed by atoms with van der Waals surface area (Å²) in [5.41, 5.74) is 2.01. The van der Waals surface area contributed by atoms with Crippen LogP contribution in [0.4, 0.5) is 5.69 Å². The van der Waals surface area contributed by atoms with E-state index in [1.165, 1.54) is 0 Å². The standard InChI is InChI=1S/C12H15ClN2O2/c1-3-14-12(17)9-5-4-8(2)10(6-9)15-11(16)7-13/h4-6H,3,7H2,1-2H3,(H,14,17)(H,15,16). The third-order valence-corrected chi connectivity index (χ3v) is 2.48. The average molecular weight is 255 g/mol. The molecule has 0 bridgehead atoms. The monoisotopic (exact) mass is 254 g/mol. The first-order valence-electron chi connectivity index (χ1n) is 5.33. The fourth-order valence-electron chi connectivity index (χ4n) is 1.34. The van der Waals surface area contributed by atoms with E-state index in [9.17, 15) is 9.59 Å². The molecule has 0 heterocycles. The van der Waals surface area contributed by atoms with Crippen LogP contribution in [0.3, 0.4) is 0 Å². The van der Waals surface area contributed by atoms with Crippen LogP contribution in [0, 0.1) is 6.92 Å². The van der Waals surface area contributed by atoms with Gasteiger partial charge in [-0.15, -0.1) is 11.6 Å². The van der Waals surface area contributed by atoms with E-state index >= 15 is 0 Å². The molecule has 0 aromatic heterocycles. The number of nitrogens with one attached hydrogen (secondary N) is 2. The maximum Gasteiger partial charge on any atom is 0.251 e. The second-order valence-corrected chi connectivity index (χ2v) is 3.84. The summed E-state index contributed by atoms with van der Waals surface area (Å²) in [5, 5.41) is 5.34. The molecule has 17 heavy (non-hydrogen) atoms. The van der Waals surface area contributed by atoms with Gasteiger partial charge in [-0.3, -0.25) is 9.59 Å². The predicted octanol–water partition coefficient (Wildman–Crippen LogP) is 1.92. The Morgan fingerprint density at radius 1 is 1.35 bits per heavy atom. The summed E-state index contributed by atoms with van der Waals surface area (Å²) in [6.07, 6.45) is 0. The topological polar surface area (TPSA) is 58.2 Å². The van der Waals surface area contributed by atoms with Gasteiger partial charge in [0.2, 0.25) is 5.91 Å². The lowest BCUT2D eigenvalue weighted by Crippen LogP contribution is -2.23. The zero-order valence-corrected chi connectivity index (χ0v) is 10.6. The van der Waals surface area contributed by atoms with Gasteiger partial charge in [0, 0.05) is 17.8 Å². The Labute approximate surface area is 105 Å². The van der Waals surface area contributed by atoms with E-state index in [0.29, 0.717) is 17.8 Å². The minimum Gasteiger partial charge on any atom is -0.352 e. The van der Waals surface area contributed by atoms with Crippen molar-refractivity contribution >= 4 is 29.1 Å². The van der Waals surface area contributed by atoms with Gasteiger partial charge >= 0.3 is 0 Å². The molecule has 0 spiro atoms. The Bertz CT molecular complexity index is 433. The fourth-order valence-corrected chi connectivity index (χ4v) is 1.41. The van der Waals surface area contributed by atoms with E-state index < -0.39 is 0 Å². The molecule has 4 nitrogen and oxygen atoms in total. The van der Waals surface area contributed by atoms with Crippen LogP contribution >= 0.6 is 11.6 Å². The molecule has 5 heteroatoms. The average Bonchev–Trinajstić information content (AvgIpc) is 2.32. The molecule has 0 saturated carbocycles. The van der Waals surface area contributed by atoms with Gasteiger partial charge in [-0.25, -0.2) is 0 Å². The van der Waals surface area contributed by atoms with Crippen LogP contribution in [0.15, 0.2) is 18.2 Å². The molecule has 1 aromatic carbocycles. The number of amides is 2. The number of anilines is 1. The largest absolute Gasteiger partial charge is 0.352 e. The highest BCUT2D eigenvalue weighted by atomic mass is 35.5. The number of carbonyl (C=O) groups excluding carboxylic acids is 2. The SMILES string of the molecule is CCNC(=O)c1ccc(C)c(NC(=O)CCl)c1. The number of hydrogen-bond acceptors (Lipinski definition) is 2. The van der Waals surface area contributed by atoms with Crippen LogP contribution < -0.4 is 10.6 Å². The lowest BCUT2D eigenvalue weighted by atomic mass is 10.1. The summed E-state index contributed by atoms with van der Waals surface area (Å²) < 4.78 is 0. The number of halogens is 1. The van der Waals surface area contributed by atoms with Crippen LogP contribution in [-0.4, -0.2) is 24.2 Å². The predicted molar refractivity (Wildman–Crippen MR) is 68.5 cm³/mol. The van der Waals surface area contributed by atoms with E-state index in [4.69, 9.17) is 11.6 Å². The molecule has 0 unspecified atom stereocenters. The first-order valence-corrected chi connectivity index (χ1v) is 5.86. The normalized spacial score (nSPS) is 9.82. The molecular weight excluding hydrogens is 240 g/mol. The molecule has 2 amide bonds. The van der Waals surface area contributed by atoms with E-state index in [2.05, 4.69) is 10.6 Å². The number of aryl methyl sites for hydroxylation is 1. The van der Waals surface area contributed by atoms with Crippen LogP contribution in [0.5, 0.6) is 0 Å². The van der Waals surface area contributed by atoms with Crippen molar-refractivity contribution < 1.29 is 9.59 Å². The highest BCUT2D eigenvalue weighted by Crippen LogP contribution is 2.17. The minimum absolute atomic E-state index is 0.106. The maximum absolute atomic E-state index is 11.6. The summed E-state index contributed by atoms with van der Waals surface area (Å²) in [4.78, 5) is 22.8. The van der Waals surface area contributed by atoms with Gasteiger partial charge in [-0.1, -0.05) is 6.07 Å². The Balaban J connectivity index is 2.93. The van der Waals surface area contributed by atoms with Gasteiger partial charge in [0.1, 0.15) is 5.88 Å². The molecule has 0 aliphatic rings. The van der Waals surface area contributed by atoms with Crippen molar-refractivity contribution in [1.29, 1.82) is 0 Å². The quantitative estimate of drug-likeness (QED) is 0.807. The molecular formula is C12H15ClN2O2. The molecule has 2 N–H and O–H groups in total. The minimum atomic E-state index is -0.289. The number of alkyl halides is 1. The highest BCUT2D eigenvalue weighted by Gasteiger charge is 2.08. The van der Waals surface area contributed by atoms with Gasteiger partial charge in [-0.2, -0.15) is 0 Å². The number of benzene rings is 1. The lowest BCUT2D eigenvalue weighted by Gasteiger charge is -2.09. The van der Waals surface area contributed by atoms with Gasteiger partial charge < -0.3 is 10.6 Å². The van der Waals surface area contributed by atoms with Crippen molar-refractivity contribution in [2.24, 2.45) is 0 Å². The van der Waals surface area contributed by atoms with Gasteiger partial charge in [0.25, 0.3) is 5.91 Å². The van der Waals surface area contributed by atoms with Crippen molar-refractivity contribution in [3.8, 4) is 0 Å². The Hall–Kier alpha value is -1.55. The molecule has 0 saturated heterocycles. The van der Waals surface area contributed by atoms with E-state index in [0.717, 1.165) is 5.56 Å². The second-order valence-electron chi connectivity index (χ2n) is 3.57. The highest BCUT2D eigenvalue weighted by molar-refractivity contribution is 6.29. The van der Waals surface area contributed by atoms with Crippen molar-refractivity contribution in [3.05, 3.63) is 29.3 Å². The first-order chi connectivity index (χ1) is 8.08. The molecule has 92 valence electrons. The Kier molecular flexibility index (Phi) is 4.97.